The van der Waals surface area contributed by atoms with E-state index in [1.807, 2.05) is 24.4 Å². The van der Waals surface area contributed by atoms with Crippen molar-refractivity contribution in [1.82, 2.24) is 9.88 Å². The Hall–Kier alpha value is -3.25. The number of morpholine rings is 1. The summed E-state index contributed by atoms with van der Waals surface area (Å²) in [6.07, 6.45) is 4.25. The maximum Gasteiger partial charge on any atom is 0.128 e. The van der Waals surface area contributed by atoms with Gasteiger partial charge in [-0.2, -0.15) is 0 Å². The average Bonchev–Trinajstić information content (AvgIpc) is 3.78. The van der Waals surface area contributed by atoms with E-state index in [0.717, 1.165) is 90.2 Å². The molecule has 194 valence electrons. The molecule has 4 aromatic rings. The number of pyridine rings is 1. The minimum Gasteiger partial charge on any atom is -0.379 e. The minimum atomic E-state index is -0.308. The summed E-state index contributed by atoms with van der Waals surface area (Å²) >= 11 is 6.32. The van der Waals surface area contributed by atoms with E-state index in [1.54, 1.807) is 13.0 Å². The molecule has 6 heteroatoms. The van der Waals surface area contributed by atoms with Gasteiger partial charge in [0.1, 0.15) is 5.82 Å². The zero-order chi connectivity index (χ0) is 26.2. The van der Waals surface area contributed by atoms with Crippen molar-refractivity contribution < 1.29 is 9.13 Å². The van der Waals surface area contributed by atoms with Gasteiger partial charge < -0.3 is 10.1 Å². The second-order valence-corrected chi connectivity index (χ2v) is 10.8. The zero-order valence-corrected chi connectivity index (χ0v) is 22.3. The second-order valence-electron chi connectivity index (χ2n) is 10.4. The molecule has 1 aliphatic heterocycles. The van der Waals surface area contributed by atoms with Crippen molar-refractivity contribution in [2.24, 2.45) is 5.92 Å². The SMILES string of the molecule is C=C(c1cnc2ccc(-c3cc(F)c(C)c(Cl)c3)cc2c1Nc1ccc(CN2CCOCC2)cc1)C1CC1. The summed E-state index contributed by atoms with van der Waals surface area (Å²) in [5.41, 5.74) is 8.36. The third-order valence-corrected chi connectivity index (χ3v) is 8.02. The molecule has 2 fully saturated rings. The minimum absolute atomic E-state index is 0.308. The van der Waals surface area contributed by atoms with Crippen LogP contribution in [0, 0.1) is 18.7 Å². The van der Waals surface area contributed by atoms with Crippen LogP contribution in [0.25, 0.3) is 27.6 Å². The van der Waals surface area contributed by atoms with Crippen molar-refractivity contribution in [2.45, 2.75) is 26.3 Å². The molecule has 38 heavy (non-hydrogen) atoms. The first-order valence-electron chi connectivity index (χ1n) is 13.2. The van der Waals surface area contributed by atoms with E-state index in [1.165, 1.54) is 5.56 Å². The van der Waals surface area contributed by atoms with Gasteiger partial charge in [0.25, 0.3) is 0 Å². The molecule has 2 aliphatic rings. The van der Waals surface area contributed by atoms with Crippen molar-refractivity contribution in [3.8, 4) is 11.1 Å². The fourth-order valence-corrected chi connectivity index (χ4v) is 5.28. The molecule has 0 amide bonds. The van der Waals surface area contributed by atoms with Gasteiger partial charge in [-0.25, -0.2) is 4.39 Å². The Balaban J connectivity index is 1.37. The topological polar surface area (TPSA) is 37.4 Å². The van der Waals surface area contributed by atoms with Crippen LogP contribution >= 0.6 is 11.6 Å². The molecule has 0 bridgehead atoms. The Morgan fingerprint density at radius 2 is 1.84 bits per heavy atom. The molecule has 1 aromatic heterocycles. The van der Waals surface area contributed by atoms with Crippen molar-refractivity contribution >= 4 is 39.5 Å². The first-order valence-corrected chi connectivity index (χ1v) is 13.6. The van der Waals surface area contributed by atoms with E-state index in [9.17, 15) is 4.39 Å². The molecule has 1 saturated carbocycles. The van der Waals surface area contributed by atoms with E-state index in [-0.39, 0.29) is 5.82 Å². The smallest absolute Gasteiger partial charge is 0.128 e. The average molecular weight is 528 g/mol. The third kappa shape index (κ3) is 5.19. The maximum atomic E-state index is 14.5. The Kier molecular flexibility index (Phi) is 6.91. The number of halogens is 2. The molecule has 0 unspecified atom stereocenters. The lowest BCUT2D eigenvalue weighted by Gasteiger charge is -2.26. The lowest BCUT2D eigenvalue weighted by molar-refractivity contribution is 0.0342. The van der Waals surface area contributed by atoms with Crippen LogP contribution in [0.1, 0.15) is 29.5 Å². The summed E-state index contributed by atoms with van der Waals surface area (Å²) in [7, 11) is 0. The Morgan fingerprint density at radius 3 is 2.55 bits per heavy atom. The molecule has 1 saturated heterocycles. The number of nitrogens with one attached hydrogen (secondary N) is 1. The van der Waals surface area contributed by atoms with Crippen molar-refractivity contribution in [2.75, 3.05) is 31.6 Å². The van der Waals surface area contributed by atoms with E-state index in [0.29, 0.717) is 16.5 Å². The Labute approximate surface area is 228 Å². The van der Waals surface area contributed by atoms with Crippen LogP contribution in [0.3, 0.4) is 0 Å². The third-order valence-electron chi connectivity index (χ3n) is 7.63. The monoisotopic (exact) mass is 527 g/mol. The number of benzene rings is 3. The highest BCUT2D eigenvalue weighted by Crippen LogP contribution is 2.45. The quantitative estimate of drug-likeness (QED) is 0.264. The fourth-order valence-electron chi connectivity index (χ4n) is 5.07. The number of allylic oxidation sites excluding steroid dienone is 1. The number of ether oxygens (including phenoxy) is 1. The normalized spacial score (nSPS) is 16.1. The van der Waals surface area contributed by atoms with E-state index in [4.69, 9.17) is 21.3 Å². The van der Waals surface area contributed by atoms with Crippen LogP contribution in [0.15, 0.2) is 67.4 Å². The van der Waals surface area contributed by atoms with Gasteiger partial charge >= 0.3 is 0 Å². The number of rotatable bonds is 7. The van der Waals surface area contributed by atoms with Gasteiger partial charge in [0, 0.05) is 53.1 Å². The standard InChI is InChI=1S/C32H31ClFN3O/c1-20(23-5-6-23)28-18-35-31-10-7-24(25-16-29(33)21(2)30(34)17-25)15-27(31)32(28)36-26-8-3-22(4-9-26)19-37-11-13-38-14-12-37/h3-4,7-10,15-18,23H,1,5-6,11-14,19H2,2H3,(H,35,36). The van der Waals surface area contributed by atoms with Crippen LogP contribution in [0.5, 0.6) is 0 Å². The molecule has 3 aromatic carbocycles. The van der Waals surface area contributed by atoms with Gasteiger partial charge in [0.15, 0.2) is 0 Å². The first-order chi connectivity index (χ1) is 18.5. The van der Waals surface area contributed by atoms with E-state index in [2.05, 4.69) is 47.1 Å². The zero-order valence-electron chi connectivity index (χ0n) is 21.6. The van der Waals surface area contributed by atoms with E-state index < -0.39 is 0 Å². The Morgan fingerprint density at radius 1 is 1.08 bits per heavy atom. The molecule has 1 aliphatic carbocycles. The van der Waals surface area contributed by atoms with Gasteiger partial charge in [-0.3, -0.25) is 9.88 Å². The summed E-state index contributed by atoms with van der Waals surface area (Å²) in [5, 5.41) is 5.08. The molecule has 6 rings (SSSR count). The lowest BCUT2D eigenvalue weighted by Crippen LogP contribution is -2.35. The second kappa shape index (κ2) is 10.5. The van der Waals surface area contributed by atoms with Crippen molar-refractivity contribution in [1.29, 1.82) is 0 Å². The van der Waals surface area contributed by atoms with Gasteiger partial charge in [0.2, 0.25) is 0 Å². The molecule has 2 heterocycles. The maximum absolute atomic E-state index is 14.5. The number of hydrogen-bond acceptors (Lipinski definition) is 4. The molecule has 4 nitrogen and oxygen atoms in total. The molecule has 1 N–H and O–H groups in total. The number of anilines is 2. The predicted octanol–water partition coefficient (Wildman–Crippen LogP) is 8.00. The largest absolute Gasteiger partial charge is 0.379 e. The van der Waals surface area contributed by atoms with Crippen molar-refractivity contribution in [3.63, 3.8) is 0 Å². The highest BCUT2D eigenvalue weighted by Gasteiger charge is 2.28. The molecule has 0 spiro atoms. The first kappa shape index (κ1) is 25.1. The van der Waals surface area contributed by atoms with Crippen LogP contribution < -0.4 is 5.32 Å². The summed E-state index contributed by atoms with van der Waals surface area (Å²) in [6.45, 7) is 10.6. The number of aromatic nitrogens is 1. The van der Waals surface area contributed by atoms with Gasteiger partial charge in [-0.1, -0.05) is 36.4 Å². The molecule has 0 radical (unpaired) electrons. The molecular formula is C32H31ClFN3O. The summed E-state index contributed by atoms with van der Waals surface area (Å²) in [6, 6.07) is 18.0. The molecule has 0 atom stereocenters. The van der Waals surface area contributed by atoms with Gasteiger partial charge in [-0.05, 0) is 84.3 Å². The number of fused-ring (bicyclic) bond motifs is 1. The van der Waals surface area contributed by atoms with Crippen molar-refractivity contribution in [3.05, 3.63) is 94.9 Å². The fraction of sp³-hybridized carbons (Fsp3) is 0.281. The van der Waals surface area contributed by atoms with Crippen LogP contribution in [-0.2, 0) is 11.3 Å². The highest BCUT2D eigenvalue weighted by atomic mass is 35.5. The highest BCUT2D eigenvalue weighted by molar-refractivity contribution is 6.31. The van der Waals surface area contributed by atoms with Crippen LogP contribution in [-0.4, -0.2) is 36.2 Å². The summed E-state index contributed by atoms with van der Waals surface area (Å²) in [4.78, 5) is 7.18. The summed E-state index contributed by atoms with van der Waals surface area (Å²) < 4.78 is 20.0. The molecular weight excluding hydrogens is 497 g/mol. The predicted molar refractivity (Wildman–Crippen MR) is 154 cm³/mol. The van der Waals surface area contributed by atoms with Crippen LogP contribution in [0.2, 0.25) is 5.02 Å². The lowest BCUT2D eigenvalue weighted by atomic mass is 9.97. The van der Waals surface area contributed by atoms with Gasteiger partial charge in [-0.15, -0.1) is 0 Å². The van der Waals surface area contributed by atoms with E-state index >= 15 is 0 Å². The van der Waals surface area contributed by atoms with Gasteiger partial charge in [0.05, 0.1) is 24.4 Å². The number of hydrogen-bond donors (Lipinski definition) is 1. The Bertz CT molecular complexity index is 1480. The summed E-state index contributed by atoms with van der Waals surface area (Å²) in [5.74, 6) is 0.191. The number of nitrogens with zero attached hydrogens (tertiary/aromatic N) is 2. The van der Waals surface area contributed by atoms with Crippen LogP contribution in [0.4, 0.5) is 15.8 Å².